The van der Waals surface area contributed by atoms with Gasteiger partial charge >= 0.3 is 0 Å². The highest BCUT2D eigenvalue weighted by Gasteiger charge is 2.36. The number of morpholine rings is 1. The summed E-state index contributed by atoms with van der Waals surface area (Å²) in [6.07, 6.45) is 1.53. The van der Waals surface area contributed by atoms with Crippen molar-refractivity contribution in [3.8, 4) is 0 Å². The van der Waals surface area contributed by atoms with Crippen molar-refractivity contribution in [2.24, 2.45) is 11.7 Å². The van der Waals surface area contributed by atoms with Gasteiger partial charge in [0.2, 0.25) is 0 Å². The molecule has 0 aromatic heterocycles. The van der Waals surface area contributed by atoms with Gasteiger partial charge in [-0.05, 0) is 12.3 Å². The summed E-state index contributed by atoms with van der Waals surface area (Å²) in [7, 11) is 0. The van der Waals surface area contributed by atoms with E-state index in [2.05, 4.69) is 18.7 Å². The van der Waals surface area contributed by atoms with Gasteiger partial charge in [0.1, 0.15) is 0 Å². The van der Waals surface area contributed by atoms with E-state index in [4.69, 9.17) is 10.5 Å². The Kier molecular flexibility index (Phi) is 2.58. The smallest absolute Gasteiger partial charge is 0.0725 e. The molecule has 2 N–H and O–H groups in total. The van der Waals surface area contributed by atoms with Crippen molar-refractivity contribution in [1.29, 1.82) is 0 Å². The van der Waals surface area contributed by atoms with Gasteiger partial charge in [-0.25, -0.2) is 0 Å². The molecular weight excluding hydrogens is 164 g/mol. The summed E-state index contributed by atoms with van der Waals surface area (Å²) in [4.78, 5) is 2.50. The number of fused-ring (bicyclic) bond motifs is 1. The molecule has 3 atom stereocenters. The molecule has 3 heteroatoms. The quantitative estimate of drug-likeness (QED) is 0.643. The largest absolute Gasteiger partial charge is 0.375 e. The van der Waals surface area contributed by atoms with E-state index in [0.29, 0.717) is 24.1 Å². The van der Waals surface area contributed by atoms with Crippen LogP contribution in [0.4, 0.5) is 0 Å². The molecule has 2 saturated heterocycles. The van der Waals surface area contributed by atoms with Gasteiger partial charge in [0.05, 0.1) is 12.7 Å². The van der Waals surface area contributed by atoms with E-state index in [9.17, 15) is 0 Å². The highest BCUT2D eigenvalue weighted by atomic mass is 16.5. The van der Waals surface area contributed by atoms with E-state index in [0.717, 1.165) is 26.1 Å². The van der Waals surface area contributed by atoms with Crippen LogP contribution in [0.5, 0.6) is 0 Å². The summed E-state index contributed by atoms with van der Waals surface area (Å²) in [5.74, 6) is 0.623. The van der Waals surface area contributed by atoms with Crippen molar-refractivity contribution in [3.63, 3.8) is 0 Å². The second-order valence-corrected chi connectivity index (χ2v) is 4.72. The van der Waals surface area contributed by atoms with Crippen molar-refractivity contribution in [3.05, 3.63) is 0 Å². The van der Waals surface area contributed by atoms with Gasteiger partial charge in [0, 0.05) is 25.2 Å². The van der Waals surface area contributed by atoms with Crippen LogP contribution < -0.4 is 5.73 Å². The molecule has 0 aromatic rings. The Morgan fingerprint density at radius 1 is 1.38 bits per heavy atom. The standard InChI is InChI=1S/C10H20N2O/c1-7(2)10-5-12-4-8(11)3-9(12)6-13-10/h7-10H,3-6,11H2,1-2H3/t8-,9+,10-/m1/s1. The van der Waals surface area contributed by atoms with E-state index in [-0.39, 0.29) is 0 Å². The van der Waals surface area contributed by atoms with Gasteiger partial charge < -0.3 is 10.5 Å². The van der Waals surface area contributed by atoms with Crippen molar-refractivity contribution >= 4 is 0 Å². The molecule has 0 unspecified atom stereocenters. The van der Waals surface area contributed by atoms with Gasteiger partial charge in [0.25, 0.3) is 0 Å². The Morgan fingerprint density at radius 2 is 2.15 bits per heavy atom. The summed E-state index contributed by atoms with van der Waals surface area (Å²) >= 11 is 0. The Morgan fingerprint density at radius 3 is 2.85 bits per heavy atom. The van der Waals surface area contributed by atoms with Gasteiger partial charge in [-0.3, -0.25) is 4.90 Å². The van der Waals surface area contributed by atoms with Gasteiger partial charge in [-0.15, -0.1) is 0 Å². The summed E-state index contributed by atoms with van der Waals surface area (Å²) in [5, 5.41) is 0. The topological polar surface area (TPSA) is 38.5 Å². The summed E-state index contributed by atoms with van der Waals surface area (Å²) in [6.45, 7) is 7.48. The summed E-state index contributed by atoms with van der Waals surface area (Å²) < 4.78 is 5.80. The number of nitrogens with two attached hydrogens (primary N) is 1. The monoisotopic (exact) mass is 184 g/mol. The Bertz CT molecular complexity index is 184. The minimum Gasteiger partial charge on any atom is -0.375 e. The molecule has 0 radical (unpaired) electrons. The van der Waals surface area contributed by atoms with Crippen LogP contribution in [0.15, 0.2) is 0 Å². The molecule has 13 heavy (non-hydrogen) atoms. The fourth-order valence-electron chi connectivity index (χ4n) is 2.34. The number of nitrogens with zero attached hydrogens (tertiary/aromatic N) is 1. The lowest BCUT2D eigenvalue weighted by Gasteiger charge is -2.36. The lowest BCUT2D eigenvalue weighted by molar-refractivity contribution is -0.0683. The van der Waals surface area contributed by atoms with E-state index in [1.165, 1.54) is 0 Å². The third-order valence-electron chi connectivity index (χ3n) is 3.22. The lowest BCUT2D eigenvalue weighted by Crippen LogP contribution is -2.48. The minimum atomic E-state index is 0.375. The van der Waals surface area contributed by atoms with Crippen LogP contribution in [0.1, 0.15) is 20.3 Å². The van der Waals surface area contributed by atoms with E-state index in [1.807, 2.05) is 0 Å². The molecule has 76 valence electrons. The summed E-state index contributed by atoms with van der Waals surface area (Å²) in [6, 6.07) is 0.976. The zero-order chi connectivity index (χ0) is 9.42. The van der Waals surface area contributed by atoms with Crippen LogP contribution in [0, 0.1) is 5.92 Å². The zero-order valence-corrected chi connectivity index (χ0v) is 8.57. The van der Waals surface area contributed by atoms with Crippen LogP contribution in [0.25, 0.3) is 0 Å². The number of rotatable bonds is 1. The second-order valence-electron chi connectivity index (χ2n) is 4.72. The molecule has 0 aromatic carbocycles. The fourth-order valence-corrected chi connectivity index (χ4v) is 2.34. The maximum absolute atomic E-state index is 5.92. The Labute approximate surface area is 80.2 Å². The minimum absolute atomic E-state index is 0.375. The predicted molar refractivity (Wildman–Crippen MR) is 52.5 cm³/mol. The average molecular weight is 184 g/mol. The number of hydrogen-bond donors (Lipinski definition) is 1. The lowest BCUT2D eigenvalue weighted by atomic mass is 10.0. The molecule has 0 saturated carbocycles. The number of ether oxygens (including phenoxy) is 1. The van der Waals surface area contributed by atoms with Gasteiger partial charge in [0.15, 0.2) is 0 Å². The molecule has 0 bridgehead atoms. The van der Waals surface area contributed by atoms with Crippen LogP contribution in [-0.2, 0) is 4.74 Å². The molecule has 2 aliphatic heterocycles. The first-order valence-corrected chi connectivity index (χ1v) is 5.28. The van der Waals surface area contributed by atoms with Crippen LogP contribution >= 0.6 is 0 Å². The highest BCUT2D eigenvalue weighted by Crippen LogP contribution is 2.24. The predicted octanol–water partition coefficient (Wildman–Crippen LogP) is 0.443. The normalized spacial score (nSPS) is 41.1. The Hall–Kier alpha value is -0.120. The first-order chi connectivity index (χ1) is 6.16. The Balaban J connectivity index is 1.93. The fraction of sp³-hybridized carbons (Fsp3) is 1.00. The molecular formula is C10H20N2O. The molecule has 2 heterocycles. The summed E-state index contributed by atoms with van der Waals surface area (Å²) in [5.41, 5.74) is 5.92. The zero-order valence-electron chi connectivity index (χ0n) is 8.57. The van der Waals surface area contributed by atoms with Crippen molar-refractivity contribution < 1.29 is 4.74 Å². The van der Waals surface area contributed by atoms with Crippen molar-refractivity contribution in [2.75, 3.05) is 19.7 Å². The first kappa shape index (κ1) is 9.44. The van der Waals surface area contributed by atoms with E-state index < -0.39 is 0 Å². The maximum Gasteiger partial charge on any atom is 0.0725 e. The number of hydrogen-bond acceptors (Lipinski definition) is 3. The third-order valence-corrected chi connectivity index (χ3v) is 3.22. The van der Waals surface area contributed by atoms with E-state index in [1.54, 1.807) is 0 Å². The van der Waals surface area contributed by atoms with Crippen LogP contribution in [0.2, 0.25) is 0 Å². The molecule has 2 rings (SSSR count). The second kappa shape index (κ2) is 3.56. The first-order valence-electron chi connectivity index (χ1n) is 5.28. The third kappa shape index (κ3) is 1.87. The average Bonchev–Trinajstić information content (AvgIpc) is 2.42. The van der Waals surface area contributed by atoms with Gasteiger partial charge in [-0.2, -0.15) is 0 Å². The SMILES string of the molecule is CC(C)[C@H]1CN2C[C@H](N)C[C@H]2CO1. The molecule has 0 aliphatic carbocycles. The van der Waals surface area contributed by atoms with Gasteiger partial charge in [-0.1, -0.05) is 13.8 Å². The molecule has 3 nitrogen and oxygen atoms in total. The molecule has 2 fully saturated rings. The molecule has 2 aliphatic rings. The van der Waals surface area contributed by atoms with Crippen molar-refractivity contribution in [1.82, 2.24) is 4.90 Å². The highest BCUT2D eigenvalue weighted by molar-refractivity contribution is 4.91. The molecule has 0 amide bonds. The van der Waals surface area contributed by atoms with Crippen LogP contribution in [-0.4, -0.2) is 42.8 Å². The van der Waals surface area contributed by atoms with Crippen molar-refractivity contribution in [2.45, 2.75) is 38.5 Å². The van der Waals surface area contributed by atoms with E-state index >= 15 is 0 Å². The maximum atomic E-state index is 5.92. The molecule has 0 spiro atoms. The van der Waals surface area contributed by atoms with Crippen LogP contribution in [0.3, 0.4) is 0 Å².